The fourth-order valence-electron chi connectivity index (χ4n) is 2.13. The van der Waals surface area contributed by atoms with Gasteiger partial charge in [0.2, 0.25) is 0 Å². The molecule has 100 valence electrons. The first-order chi connectivity index (χ1) is 9.10. The summed E-state index contributed by atoms with van der Waals surface area (Å²) in [5.41, 5.74) is 8.77. The van der Waals surface area contributed by atoms with Crippen molar-refractivity contribution in [2.75, 3.05) is 11.9 Å². The van der Waals surface area contributed by atoms with Crippen LogP contribution in [0.15, 0.2) is 36.5 Å². The summed E-state index contributed by atoms with van der Waals surface area (Å²) in [4.78, 5) is 6.12. The lowest BCUT2D eigenvalue weighted by Crippen LogP contribution is -2.20. The number of nitrogens with zero attached hydrogens (tertiary/aromatic N) is 2. The third kappa shape index (κ3) is 3.29. The quantitative estimate of drug-likeness (QED) is 0.917. The SMILES string of the molecule is Cc1cccc(CN(C)c2ncc(F)cc2CN)c1. The summed E-state index contributed by atoms with van der Waals surface area (Å²) in [6.07, 6.45) is 1.22. The second-order valence-electron chi connectivity index (χ2n) is 4.69. The second-order valence-corrected chi connectivity index (χ2v) is 4.69. The van der Waals surface area contributed by atoms with Crippen LogP contribution < -0.4 is 10.6 Å². The van der Waals surface area contributed by atoms with Crippen molar-refractivity contribution in [1.82, 2.24) is 4.98 Å². The summed E-state index contributed by atoms with van der Waals surface area (Å²) in [5, 5.41) is 0. The highest BCUT2D eigenvalue weighted by atomic mass is 19.1. The van der Waals surface area contributed by atoms with E-state index in [9.17, 15) is 4.39 Å². The van der Waals surface area contributed by atoms with Crippen LogP contribution in [0.2, 0.25) is 0 Å². The standard InChI is InChI=1S/C15H18FN3/c1-11-4-3-5-12(6-11)10-19(2)15-13(8-17)7-14(16)9-18-15/h3-7,9H,8,10,17H2,1-2H3. The van der Waals surface area contributed by atoms with Gasteiger partial charge in [0.05, 0.1) is 6.20 Å². The van der Waals surface area contributed by atoms with Gasteiger partial charge in [0, 0.05) is 25.7 Å². The monoisotopic (exact) mass is 259 g/mol. The van der Waals surface area contributed by atoms with Crippen molar-refractivity contribution in [3.05, 3.63) is 59.0 Å². The Hall–Kier alpha value is -1.94. The molecule has 0 aliphatic carbocycles. The molecule has 1 aromatic heterocycles. The Morgan fingerprint density at radius 2 is 2.11 bits per heavy atom. The molecule has 0 amide bonds. The van der Waals surface area contributed by atoms with E-state index in [2.05, 4.69) is 30.1 Å². The van der Waals surface area contributed by atoms with E-state index in [0.717, 1.165) is 11.4 Å². The first-order valence-electron chi connectivity index (χ1n) is 6.21. The average Bonchev–Trinajstić information content (AvgIpc) is 2.38. The lowest BCUT2D eigenvalue weighted by Gasteiger charge is -2.21. The molecule has 4 heteroatoms. The van der Waals surface area contributed by atoms with Crippen molar-refractivity contribution in [1.29, 1.82) is 0 Å². The molecule has 2 aromatic rings. The van der Waals surface area contributed by atoms with Gasteiger partial charge in [-0.3, -0.25) is 0 Å². The van der Waals surface area contributed by atoms with E-state index in [1.54, 1.807) is 0 Å². The van der Waals surface area contributed by atoms with Gasteiger partial charge >= 0.3 is 0 Å². The molecule has 1 heterocycles. The molecule has 0 aliphatic heterocycles. The normalized spacial score (nSPS) is 10.5. The molecular weight excluding hydrogens is 241 g/mol. The lowest BCUT2D eigenvalue weighted by molar-refractivity contribution is 0.617. The van der Waals surface area contributed by atoms with E-state index in [-0.39, 0.29) is 12.4 Å². The smallest absolute Gasteiger partial charge is 0.141 e. The Morgan fingerprint density at radius 3 is 2.79 bits per heavy atom. The van der Waals surface area contributed by atoms with Crippen molar-refractivity contribution in [3.8, 4) is 0 Å². The number of halogens is 1. The Morgan fingerprint density at radius 1 is 1.32 bits per heavy atom. The highest BCUT2D eigenvalue weighted by molar-refractivity contribution is 5.46. The molecule has 0 unspecified atom stereocenters. The van der Waals surface area contributed by atoms with Crippen molar-refractivity contribution in [2.24, 2.45) is 5.73 Å². The molecule has 2 N–H and O–H groups in total. The Kier molecular flexibility index (Phi) is 4.12. The molecule has 0 spiro atoms. The summed E-state index contributed by atoms with van der Waals surface area (Å²) < 4.78 is 13.1. The number of aromatic nitrogens is 1. The number of nitrogens with two attached hydrogens (primary N) is 1. The summed E-state index contributed by atoms with van der Waals surface area (Å²) in [6.45, 7) is 3.05. The Bertz CT molecular complexity index is 569. The molecule has 0 saturated heterocycles. The molecule has 0 fully saturated rings. The van der Waals surface area contributed by atoms with Crippen LogP contribution in [0.3, 0.4) is 0 Å². The van der Waals surface area contributed by atoms with Gasteiger partial charge in [0.25, 0.3) is 0 Å². The number of hydrogen-bond acceptors (Lipinski definition) is 3. The fourth-order valence-corrected chi connectivity index (χ4v) is 2.13. The van der Waals surface area contributed by atoms with E-state index in [1.807, 2.05) is 18.0 Å². The molecule has 0 atom stereocenters. The van der Waals surface area contributed by atoms with Crippen LogP contribution in [0.25, 0.3) is 0 Å². The maximum Gasteiger partial charge on any atom is 0.141 e. The van der Waals surface area contributed by atoms with Crippen molar-refractivity contribution in [2.45, 2.75) is 20.0 Å². The first-order valence-corrected chi connectivity index (χ1v) is 6.21. The van der Waals surface area contributed by atoms with Crippen LogP contribution >= 0.6 is 0 Å². The number of pyridine rings is 1. The minimum absolute atomic E-state index is 0.276. The number of anilines is 1. The van der Waals surface area contributed by atoms with Crippen LogP contribution in [-0.2, 0) is 13.1 Å². The van der Waals surface area contributed by atoms with Gasteiger partial charge in [0.15, 0.2) is 0 Å². The van der Waals surface area contributed by atoms with Crippen LogP contribution in [0.1, 0.15) is 16.7 Å². The maximum absolute atomic E-state index is 13.1. The molecule has 0 aliphatic rings. The molecule has 2 rings (SSSR count). The van der Waals surface area contributed by atoms with Crippen molar-refractivity contribution < 1.29 is 4.39 Å². The molecule has 1 aromatic carbocycles. The minimum Gasteiger partial charge on any atom is -0.355 e. The third-order valence-corrected chi connectivity index (χ3v) is 2.99. The summed E-state index contributed by atoms with van der Waals surface area (Å²) in [7, 11) is 1.93. The Labute approximate surface area is 112 Å². The number of rotatable bonds is 4. The van der Waals surface area contributed by atoms with Gasteiger partial charge in [-0.15, -0.1) is 0 Å². The zero-order valence-corrected chi connectivity index (χ0v) is 11.2. The molecular formula is C15H18FN3. The van der Waals surface area contributed by atoms with Gasteiger partial charge in [0.1, 0.15) is 11.6 Å². The maximum atomic E-state index is 13.1. The van der Waals surface area contributed by atoms with E-state index < -0.39 is 0 Å². The van der Waals surface area contributed by atoms with Gasteiger partial charge in [-0.1, -0.05) is 29.8 Å². The van der Waals surface area contributed by atoms with Crippen LogP contribution in [0, 0.1) is 12.7 Å². The number of hydrogen-bond donors (Lipinski definition) is 1. The van der Waals surface area contributed by atoms with E-state index >= 15 is 0 Å². The minimum atomic E-state index is -0.354. The zero-order valence-electron chi connectivity index (χ0n) is 11.2. The third-order valence-electron chi connectivity index (χ3n) is 2.99. The summed E-state index contributed by atoms with van der Waals surface area (Å²) >= 11 is 0. The van der Waals surface area contributed by atoms with Crippen molar-refractivity contribution in [3.63, 3.8) is 0 Å². The number of aryl methyl sites for hydroxylation is 1. The van der Waals surface area contributed by atoms with E-state index in [4.69, 9.17) is 5.73 Å². The van der Waals surface area contributed by atoms with Gasteiger partial charge < -0.3 is 10.6 Å². The first kappa shape index (κ1) is 13.5. The van der Waals surface area contributed by atoms with Gasteiger partial charge in [-0.25, -0.2) is 9.37 Å². The summed E-state index contributed by atoms with van der Waals surface area (Å²) in [5.74, 6) is 0.374. The van der Waals surface area contributed by atoms with Crippen LogP contribution in [0.4, 0.5) is 10.2 Å². The topological polar surface area (TPSA) is 42.2 Å². The molecule has 0 bridgehead atoms. The molecule has 19 heavy (non-hydrogen) atoms. The second kappa shape index (κ2) is 5.80. The van der Waals surface area contributed by atoms with Gasteiger partial charge in [-0.2, -0.15) is 0 Å². The molecule has 3 nitrogen and oxygen atoms in total. The Balaban J connectivity index is 2.22. The van der Waals surface area contributed by atoms with E-state index in [1.165, 1.54) is 23.4 Å². The summed E-state index contributed by atoms with van der Waals surface area (Å²) in [6, 6.07) is 9.72. The predicted molar refractivity (Wildman–Crippen MR) is 75.4 cm³/mol. The highest BCUT2D eigenvalue weighted by Crippen LogP contribution is 2.19. The average molecular weight is 259 g/mol. The molecule has 0 saturated carbocycles. The molecule has 0 radical (unpaired) electrons. The van der Waals surface area contributed by atoms with Crippen molar-refractivity contribution >= 4 is 5.82 Å². The van der Waals surface area contributed by atoms with Gasteiger partial charge in [-0.05, 0) is 18.6 Å². The fraction of sp³-hybridized carbons (Fsp3) is 0.267. The largest absolute Gasteiger partial charge is 0.355 e. The van der Waals surface area contributed by atoms with Crippen LogP contribution in [0.5, 0.6) is 0 Å². The van der Waals surface area contributed by atoms with Crippen LogP contribution in [-0.4, -0.2) is 12.0 Å². The lowest BCUT2D eigenvalue weighted by atomic mass is 10.1. The number of benzene rings is 1. The predicted octanol–water partition coefficient (Wildman–Crippen LogP) is 2.62. The zero-order chi connectivity index (χ0) is 13.8. The highest BCUT2D eigenvalue weighted by Gasteiger charge is 2.10. The van der Waals surface area contributed by atoms with E-state index in [0.29, 0.717) is 6.54 Å².